The molecule has 2 amide bonds. The Morgan fingerprint density at radius 3 is 2.47 bits per heavy atom. The summed E-state index contributed by atoms with van der Waals surface area (Å²) in [5.74, 6) is 0.726. The molecule has 0 atom stereocenters. The van der Waals surface area contributed by atoms with Crippen LogP contribution in [0.25, 0.3) is 0 Å². The Morgan fingerprint density at radius 1 is 0.938 bits per heavy atom. The van der Waals surface area contributed by atoms with Gasteiger partial charge in [0.05, 0.1) is 13.2 Å². The van der Waals surface area contributed by atoms with Gasteiger partial charge in [-0.15, -0.1) is 0 Å². The molecule has 1 heterocycles. The van der Waals surface area contributed by atoms with Crippen LogP contribution in [0.15, 0.2) is 48.5 Å². The van der Waals surface area contributed by atoms with Crippen LogP contribution in [0.3, 0.4) is 0 Å². The molecular weight excluding hydrogens is 402 g/mol. The van der Waals surface area contributed by atoms with Crippen LogP contribution in [0.1, 0.15) is 62.2 Å². The summed E-state index contributed by atoms with van der Waals surface area (Å²) in [6, 6.07) is 14.8. The van der Waals surface area contributed by atoms with Gasteiger partial charge in [0.2, 0.25) is 5.91 Å². The third kappa shape index (κ3) is 7.59. The molecule has 2 aromatic carbocycles. The molecule has 1 aliphatic rings. The molecule has 2 aromatic rings. The van der Waals surface area contributed by atoms with E-state index in [1.165, 1.54) is 25.7 Å². The van der Waals surface area contributed by atoms with Crippen LogP contribution < -0.4 is 15.4 Å². The van der Waals surface area contributed by atoms with Crippen molar-refractivity contribution in [1.82, 2.24) is 4.90 Å². The van der Waals surface area contributed by atoms with Gasteiger partial charge in [-0.2, -0.15) is 0 Å². The number of nitrogens with one attached hydrogen (secondary N) is 2. The summed E-state index contributed by atoms with van der Waals surface area (Å²) in [7, 11) is 0. The average molecular weight is 438 g/mol. The van der Waals surface area contributed by atoms with Crippen molar-refractivity contribution in [2.45, 2.75) is 51.9 Å². The van der Waals surface area contributed by atoms with E-state index < -0.39 is 0 Å². The predicted octanol–water partition coefficient (Wildman–Crippen LogP) is 5.32. The zero-order chi connectivity index (χ0) is 22.6. The summed E-state index contributed by atoms with van der Waals surface area (Å²) < 4.78 is 5.74. The number of carbonyl (C=O) groups excluding carboxylic acids is 2. The van der Waals surface area contributed by atoms with E-state index >= 15 is 0 Å². The van der Waals surface area contributed by atoms with Crippen molar-refractivity contribution in [1.29, 1.82) is 0 Å². The van der Waals surface area contributed by atoms with Gasteiger partial charge in [-0.1, -0.05) is 32.3 Å². The van der Waals surface area contributed by atoms with Crippen molar-refractivity contribution >= 4 is 23.2 Å². The molecule has 0 radical (unpaired) electrons. The Labute approximate surface area is 191 Å². The molecule has 6 nitrogen and oxygen atoms in total. The number of likely N-dealkylation sites (tertiary alicyclic amines) is 1. The van der Waals surface area contributed by atoms with Crippen molar-refractivity contribution in [3.8, 4) is 5.75 Å². The number of benzene rings is 2. The van der Waals surface area contributed by atoms with E-state index in [4.69, 9.17) is 4.74 Å². The summed E-state index contributed by atoms with van der Waals surface area (Å²) >= 11 is 0. The van der Waals surface area contributed by atoms with E-state index in [-0.39, 0.29) is 18.4 Å². The third-order valence-electron chi connectivity index (χ3n) is 5.61. The first-order valence-electron chi connectivity index (χ1n) is 11.8. The molecule has 1 fully saturated rings. The van der Waals surface area contributed by atoms with Crippen LogP contribution in [0.4, 0.5) is 11.4 Å². The summed E-state index contributed by atoms with van der Waals surface area (Å²) in [5.41, 5.74) is 2.14. The van der Waals surface area contributed by atoms with Crippen LogP contribution in [0.2, 0.25) is 0 Å². The molecule has 0 bridgehead atoms. The maximum Gasteiger partial charge on any atom is 0.253 e. The van der Waals surface area contributed by atoms with E-state index in [0.29, 0.717) is 5.56 Å². The van der Waals surface area contributed by atoms with Gasteiger partial charge in [-0.05, 0) is 68.1 Å². The second-order valence-corrected chi connectivity index (χ2v) is 8.27. The Bertz CT molecular complexity index is 861. The van der Waals surface area contributed by atoms with Crippen molar-refractivity contribution < 1.29 is 14.3 Å². The van der Waals surface area contributed by atoms with Crippen LogP contribution in [-0.2, 0) is 4.79 Å². The molecule has 2 N–H and O–H groups in total. The minimum Gasteiger partial charge on any atom is -0.494 e. The van der Waals surface area contributed by atoms with Crippen LogP contribution in [-0.4, -0.2) is 43.0 Å². The standard InChI is InChI=1S/C26H35N3O3/c1-2-3-4-8-18-32-24-14-12-22(13-15-24)28-25(30)20-27-23-11-9-10-21(19-23)26(31)29-16-6-5-7-17-29/h9-15,19,27H,2-8,16-18,20H2,1H3,(H,28,30). The van der Waals surface area contributed by atoms with E-state index in [1.807, 2.05) is 53.4 Å². The number of anilines is 2. The fraction of sp³-hybridized carbons (Fsp3) is 0.462. The first-order chi connectivity index (χ1) is 15.7. The number of ether oxygens (including phenoxy) is 1. The number of piperidine rings is 1. The highest BCUT2D eigenvalue weighted by atomic mass is 16.5. The second-order valence-electron chi connectivity index (χ2n) is 8.27. The maximum absolute atomic E-state index is 12.7. The molecule has 1 aliphatic heterocycles. The number of unbranched alkanes of at least 4 members (excludes halogenated alkanes) is 3. The second kappa shape index (κ2) is 12.7. The smallest absolute Gasteiger partial charge is 0.253 e. The lowest BCUT2D eigenvalue weighted by Crippen LogP contribution is -2.35. The molecule has 172 valence electrons. The molecular formula is C26H35N3O3. The zero-order valence-electron chi connectivity index (χ0n) is 19.1. The molecule has 6 heteroatoms. The minimum absolute atomic E-state index is 0.0606. The first-order valence-corrected chi connectivity index (χ1v) is 11.8. The monoisotopic (exact) mass is 437 g/mol. The van der Waals surface area contributed by atoms with Gasteiger partial charge in [0.1, 0.15) is 5.75 Å². The molecule has 32 heavy (non-hydrogen) atoms. The number of nitrogens with zero attached hydrogens (tertiary/aromatic N) is 1. The molecule has 0 unspecified atom stereocenters. The lowest BCUT2D eigenvalue weighted by Gasteiger charge is -2.26. The van der Waals surface area contributed by atoms with E-state index in [9.17, 15) is 9.59 Å². The van der Waals surface area contributed by atoms with Crippen LogP contribution in [0.5, 0.6) is 5.75 Å². The van der Waals surface area contributed by atoms with Crippen molar-refractivity contribution in [2.75, 3.05) is 36.9 Å². The Kier molecular flexibility index (Phi) is 9.41. The molecule has 0 aliphatic carbocycles. The van der Waals surface area contributed by atoms with Crippen molar-refractivity contribution in [3.05, 3.63) is 54.1 Å². The van der Waals surface area contributed by atoms with Gasteiger partial charge >= 0.3 is 0 Å². The summed E-state index contributed by atoms with van der Waals surface area (Å²) in [4.78, 5) is 26.9. The summed E-state index contributed by atoms with van der Waals surface area (Å²) in [5, 5.41) is 5.99. The highest BCUT2D eigenvalue weighted by Gasteiger charge is 2.18. The first kappa shape index (κ1) is 23.6. The Morgan fingerprint density at radius 2 is 1.72 bits per heavy atom. The Hall–Kier alpha value is -3.02. The van der Waals surface area contributed by atoms with Gasteiger partial charge in [-0.3, -0.25) is 9.59 Å². The number of amides is 2. The fourth-order valence-corrected chi connectivity index (χ4v) is 3.78. The summed E-state index contributed by atoms with van der Waals surface area (Å²) in [6.07, 6.45) is 8.02. The molecule has 3 rings (SSSR count). The average Bonchev–Trinajstić information content (AvgIpc) is 2.84. The normalized spacial score (nSPS) is 13.5. The van der Waals surface area contributed by atoms with Gasteiger partial charge in [-0.25, -0.2) is 0 Å². The van der Waals surface area contributed by atoms with Gasteiger partial charge < -0.3 is 20.3 Å². The van der Waals surface area contributed by atoms with Gasteiger partial charge in [0.15, 0.2) is 0 Å². The van der Waals surface area contributed by atoms with E-state index in [0.717, 1.165) is 56.1 Å². The van der Waals surface area contributed by atoms with E-state index in [2.05, 4.69) is 17.6 Å². The number of carbonyl (C=O) groups is 2. The summed E-state index contributed by atoms with van der Waals surface area (Å²) in [6.45, 7) is 4.67. The quantitative estimate of drug-likeness (QED) is 0.467. The fourth-order valence-electron chi connectivity index (χ4n) is 3.78. The van der Waals surface area contributed by atoms with Gasteiger partial charge in [0, 0.05) is 30.0 Å². The van der Waals surface area contributed by atoms with Crippen LogP contribution in [0, 0.1) is 0 Å². The lowest BCUT2D eigenvalue weighted by atomic mass is 10.1. The van der Waals surface area contributed by atoms with Crippen molar-refractivity contribution in [2.24, 2.45) is 0 Å². The molecule has 0 spiro atoms. The molecule has 1 saturated heterocycles. The topological polar surface area (TPSA) is 70.7 Å². The van der Waals surface area contributed by atoms with E-state index in [1.54, 1.807) is 0 Å². The van der Waals surface area contributed by atoms with Crippen molar-refractivity contribution in [3.63, 3.8) is 0 Å². The third-order valence-corrected chi connectivity index (χ3v) is 5.61. The Balaban J connectivity index is 1.43. The predicted molar refractivity (Wildman–Crippen MR) is 129 cm³/mol. The number of hydrogen-bond acceptors (Lipinski definition) is 4. The minimum atomic E-state index is -0.147. The highest BCUT2D eigenvalue weighted by molar-refractivity contribution is 5.96. The van der Waals surface area contributed by atoms with Crippen LogP contribution >= 0.6 is 0 Å². The largest absolute Gasteiger partial charge is 0.494 e. The number of hydrogen-bond donors (Lipinski definition) is 2. The van der Waals surface area contributed by atoms with Gasteiger partial charge in [0.25, 0.3) is 5.91 Å². The molecule has 0 saturated carbocycles. The maximum atomic E-state index is 12.7. The highest BCUT2D eigenvalue weighted by Crippen LogP contribution is 2.18. The zero-order valence-corrected chi connectivity index (χ0v) is 19.1. The lowest BCUT2D eigenvalue weighted by molar-refractivity contribution is -0.114. The number of rotatable bonds is 11. The SMILES string of the molecule is CCCCCCOc1ccc(NC(=O)CNc2cccc(C(=O)N3CCCCC3)c2)cc1. The molecule has 0 aromatic heterocycles.